The summed E-state index contributed by atoms with van der Waals surface area (Å²) in [7, 11) is 0. The highest BCUT2D eigenvalue weighted by Crippen LogP contribution is 2.16. The first-order chi connectivity index (χ1) is 6.24. The molecule has 0 aliphatic carbocycles. The molecule has 0 aliphatic rings. The summed E-state index contributed by atoms with van der Waals surface area (Å²) in [5.41, 5.74) is 10.8. The van der Waals surface area contributed by atoms with Gasteiger partial charge in [0.05, 0.1) is 6.42 Å². The first kappa shape index (κ1) is 7.79. The van der Waals surface area contributed by atoms with Gasteiger partial charge in [0.15, 0.2) is 11.8 Å². The number of anilines is 2. The Morgan fingerprint density at radius 1 is 0.846 bits per heavy atom. The van der Waals surface area contributed by atoms with Crippen LogP contribution in [-0.4, -0.2) is 0 Å². The second kappa shape index (κ2) is 2.90. The summed E-state index contributed by atoms with van der Waals surface area (Å²) < 4.78 is 10.3. The number of furan rings is 2. The average Bonchev–Trinajstić information content (AvgIpc) is 2.62. The van der Waals surface area contributed by atoms with Crippen LogP contribution in [0.3, 0.4) is 0 Å². The van der Waals surface area contributed by atoms with E-state index in [2.05, 4.69) is 0 Å². The lowest BCUT2D eigenvalue weighted by Crippen LogP contribution is -1.83. The van der Waals surface area contributed by atoms with Crippen LogP contribution in [0.5, 0.6) is 0 Å². The molecule has 2 rings (SSSR count). The molecule has 0 bridgehead atoms. The zero-order valence-corrected chi connectivity index (χ0v) is 6.99. The summed E-state index contributed by atoms with van der Waals surface area (Å²) in [5, 5.41) is 0. The van der Waals surface area contributed by atoms with E-state index in [0.29, 0.717) is 18.2 Å². The van der Waals surface area contributed by atoms with Gasteiger partial charge in [0.2, 0.25) is 0 Å². The normalized spacial score (nSPS) is 10.5. The molecule has 4 nitrogen and oxygen atoms in total. The number of nitrogen functional groups attached to an aromatic ring is 2. The second-order valence-electron chi connectivity index (χ2n) is 2.78. The van der Waals surface area contributed by atoms with E-state index in [4.69, 9.17) is 20.3 Å². The van der Waals surface area contributed by atoms with Gasteiger partial charge in [-0.2, -0.15) is 0 Å². The molecule has 2 aromatic heterocycles. The molecule has 0 unspecified atom stereocenters. The van der Waals surface area contributed by atoms with Crippen LogP contribution in [0.15, 0.2) is 33.1 Å². The molecule has 0 amide bonds. The van der Waals surface area contributed by atoms with Gasteiger partial charge >= 0.3 is 0 Å². The second-order valence-corrected chi connectivity index (χ2v) is 2.78. The number of hydrogen-bond donors (Lipinski definition) is 2. The maximum Gasteiger partial charge on any atom is 0.190 e. The van der Waals surface area contributed by atoms with Crippen molar-refractivity contribution in [2.24, 2.45) is 0 Å². The Morgan fingerprint density at radius 3 is 1.62 bits per heavy atom. The Balaban J connectivity index is 2.14. The molecule has 68 valence electrons. The van der Waals surface area contributed by atoms with Crippen LogP contribution in [0.1, 0.15) is 11.5 Å². The van der Waals surface area contributed by atoms with Crippen molar-refractivity contribution in [3.63, 3.8) is 0 Å². The minimum absolute atomic E-state index is 0.412. The van der Waals surface area contributed by atoms with Gasteiger partial charge in [-0.3, -0.25) is 0 Å². The van der Waals surface area contributed by atoms with E-state index in [-0.39, 0.29) is 0 Å². The lowest BCUT2D eigenvalue weighted by atomic mass is 10.3. The Morgan fingerprint density at radius 2 is 1.31 bits per heavy atom. The highest BCUT2D eigenvalue weighted by molar-refractivity contribution is 5.29. The molecule has 0 atom stereocenters. The van der Waals surface area contributed by atoms with Crippen molar-refractivity contribution in [2.75, 3.05) is 11.5 Å². The minimum atomic E-state index is 0.412. The van der Waals surface area contributed by atoms with E-state index in [0.717, 1.165) is 11.5 Å². The Hall–Kier alpha value is -1.84. The van der Waals surface area contributed by atoms with E-state index in [9.17, 15) is 0 Å². The van der Waals surface area contributed by atoms with Crippen LogP contribution in [-0.2, 0) is 6.42 Å². The Kier molecular flexibility index (Phi) is 1.73. The van der Waals surface area contributed by atoms with Crippen molar-refractivity contribution in [1.82, 2.24) is 0 Å². The summed E-state index contributed by atoms with van der Waals surface area (Å²) in [6.07, 6.45) is 0.578. The maximum absolute atomic E-state index is 5.42. The lowest BCUT2D eigenvalue weighted by molar-refractivity contribution is 0.491. The standard InChI is InChI=1S/C9H10N2O2/c10-8-3-1-6(12-8)5-7-2-4-9(11)13-7/h1-4H,5,10-11H2. The summed E-state index contributed by atoms with van der Waals surface area (Å²) in [4.78, 5) is 0. The molecule has 0 saturated carbocycles. The summed E-state index contributed by atoms with van der Waals surface area (Å²) in [6.45, 7) is 0. The molecule has 4 N–H and O–H groups in total. The molecule has 0 radical (unpaired) electrons. The van der Waals surface area contributed by atoms with Crippen molar-refractivity contribution >= 4 is 11.8 Å². The molecular weight excluding hydrogens is 168 g/mol. The molecule has 4 heteroatoms. The number of nitrogens with two attached hydrogens (primary N) is 2. The molecule has 0 aromatic carbocycles. The molecule has 2 aromatic rings. The van der Waals surface area contributed by atoms with E-state index < -0.39 is 0 Å². The predicted molar refractivity (Wildman–Crippen MR) is 49.0 cm³/mol. The number of rotatable bonds is 2. The van der Waals surface area contributed by atoms with Crippen LogP contribution < -0.4 is 11.5 Å². The highest BCUT2D eigenvalue weighted by atomic mass is 16.4. The molecular formula is C9H10N2O2. The van der Waals surface area contributed by atoms with Crippen LogP contribution in [0, 0.1) is 0 Å². The van der Waals surface area contributed by atoms with Gasteiger partial charge in [0, 0.05) is 12.1 Å². The van der Waals surface area contributed by atoms with Crippen LogP contribution in [0.2, 0.25) is 0 Å². The zero-order valence-electron chi connectivity index (χ0n) is 6.99. The summed E-state index contributed by atoms with van der Waals surface area (Å²) in [5.74, 6) is 2.36. The first-order valence-electron chi connectivity index (χ1n) is 3.92. The Bertz CT molecular complexity index is 365. The van der Waals surface area contributed by atoms with Crippen molar-refractivity contribution in [3.8, 4) is 0 Å². The first-order valence-corrected chi connectivity index (χ1v) is 3.92. The maximum atomic E-state index is 5.42. The van der Waals surface area contributed by atoms with Crippen LogP contribution >= 0.6 is 0 Å². The third-order valence-corrected chi connectivity index (χ3v) is 1.71. The third-order valence-electron chi connectivity index (χ3n) is 1.71. The van der Waals surface area contributed by atoms with Crippen LogP contribution in [0.4, 0.5) is 11.8 Å². The predicted octanol–water partition coefficient (Wildman–Crippen LogP) is 1.63. The summed E-state index contributed by atoms with van der Waals surface area (Å²) in [6, 6.07) is 7.05. The molecule has 0 aliphatic heterocycles. The molecule has 2 heterocycles. The molecule has 0 spiro atoms. The van der Waals surface area contributed by atoms with Gasteiger partial charge in [0.25, 0.3) is 0 Å². The highest BCUT2D eigenvalue weighted by Gasteiger charge is 2.04. The third kappa shape index (κ3) is 1.66. The van der Waals surface area contributed by atoms with Crippen molar-refractivity contribution < 1.29 is 8.83 Å². The Labute approximate surface area is 75.1 Å². The fourth-order valence-electron chi connectivity index (χ4n) is 1.15. The topological polar surface area (TPSA) is 78.3 Å². The van der Waals surface area contributed by atoms with E-state index in [1.54, 1.807) is 12.1 Å². The SMILES string of the molecule is Nc1ccc(Cc2ccc(N)o2)o1. The smallest absolute Gasteiger partial charge is 0.190 e. The minimum Gasteiger partial charge on any atom is -0.446 e. The molecule has 0 saturated heterocycles. The van der Waals surface area contributed by atoms with Gasteiger partial charge in [-0.15, -0.1) is 0 Å². The number of hydrogen-bond acceptors (Lipinski definition) is 4. The largest absolute Gasteiger partial charge is 0.446 e. The monoisotopic (exact) mass is 178 g/mol. The zero-order chi connectivity index (χ0) is 9.26. The fraction of sp³-hybridized carbons (Fsp3) is 0.111. The molecule has 0 fully saturated rings. The fourth-order valence-corrected chi connectivity index (χ4v) is 1.15. The van der Waals surface area contributed by atoms with Gasteiger partial charge in [0.1, 0.15) is 11.5 Å². The van der Waals surface area contributed by atoms with Crippen molar-refractivity contribution in [1.29, 1.82) is 0 Å². The van der Waals surface area contributed by atoms with Gasteiger partial charge in [-0.25, -0.2) is 0 Å². The van der Waals surface area contributed by atoms with E-state index >= 15 is 0 Å². The van der Waals surface area contributed by atoms with Crippen molar-refractivity contribution in [3.05, 3.63) is 35.8 Å². The molecule has 13 heavy (non-hydrogen) atoms. The lowest BCUT2D eigenvalue weighted by Gasteiger charge is -1.91. The average molecular weight is 178 g/mol. The summed E-state index contributed by atoms with van der Waals surface area (Å²) >= 11 is 0. The van der Waals surface area contributed by atoms with E-state index in [1.807, 2.05) is 12.1 Å². The quantitative estimate of drug-likeness (QED) is 0.732. The van der Waals surface area contributed by atoms with E-state index in [1.165, 1.54) is 0 Å². The van der Waals surface area contributed by atoms with Gasteiger partial charge in [-0.1, -0.05) is 0 Å². The van der Waals surface area contributed by atoms with Crippen molar-refractivity contribution in [2.45, 2.75) is 6.42 Å². The van der Waals surface area contributed by atoms with Gasteiger partial charge in [-0.05, 0) is 12.1 Å². The van der Waals surface area contributed by atoms with Crippen LogP contribution in [0.25, 0.3) is 0 Å². The van der Waals surface area contributed by atoms with Gasteiger partial charge < -0.3 is 20.3 Å².